The zero-order valence-corrected chi connectivity index (χ0v) is 13.6. The van der Waals surface area contributed by atoms with Gasteiger partial charge in [0.1, 0.15) is 4.88 Å². The van der Waals surface area contributed by atoms with Crippen molar-refractivity contribution in [1.29, 1.82) is 0 Å². The van der Waals surface area contributed by atoms with Crippen LogP contribution in [0.1, 0.15) is 27.3 Å². The number of thiazole rings is 1. The molecule has 1 aliphatic rings. The van der Waals surface area contributed by atoms with Crippen molar-refractivity contribution in [1.82, 2.24) is 10.3 Å². The Bertz CT molecular complexity index is 819. The lowest BCUT2D eigenvalue weighted by molar-refractivity contribution is -0.136. The fourth-order valence-electron chi connectivity index (χ4n) is 2.38. The Labute approximate surface area is 144 Å². The highest BCUT2D eigenvalue weighted by atomic mass is 32.1. The van der Waals surface area contributed by atoms with E-state index in [1.807, 2.05) is 0 Å². The number of rotatable bonds is 2. The highest BCUT2D eigenvalue weighted by molar-refractivity contribution is 7.17. The van der Waals surface area contributed by atoms with E-state index in [1.54, 1.807) is 0 Å². The first-order valence-electron chi connectivity index (χ1n) is 7.37. The lowest BCUT2D eigenvalue weighted by Gasteiger charge is -2.13. The van der Waals surface area contributed by atoms with Crippen LogP contribution in [0.25, 0.3) is 0 Å². The molecule has 10 heteroatoms. The number of halogens is 3. The predicted octanol–water partition coefficient (Wildman–Crippen LogP) is 3.48. The van der Waals surface area contributed by atoms with Crippen LogP contribution in [0.2, 0.25) is 0 Å². The minimum absolute atomic E-state index is 0.157. The number of amides is 3. The monoisotopic (exact) mass is 370 g/mol. The molecule has 0 saturated carbocycles. The zero-order valence-electron chi connectivity index (χ0n) is 12.7. The van der Waals surface area contributed by atoms with Crippen LogP contribution in [0, 0.1) is 0 Å². The molecule has 0 saturated heterocycles. The molecule has 0 atom stereocenters. The molecule has 3 amide bonds. The molecule has 0 bridgehead atoms. The highest BCUT2D eigenvalue weighted by Gasteiger charge is 2.33. The third-order valence-corrected chi connectivity index (χ3v) is 4.49. The Morgan fingerprint density at radius 2 is 2.00 bits per heavy atom. The third-order valence-electron chi connectivity index (χ3n) is 3.48. The van der Waals surface area contributed by atoms with Crippen molar-refractivity contribution in [3.63, 3.8) is 0 Å². The number of aromatic nitrogens is 1. The van der Waals surface area contributed by atoms with Gasteiger partial charge >= 0.3 is 12.2 Å². The molecule has 2 aromatic rings. The minimum atomic E-state index is -4.58. The van der Waals surface area contributed by atoms with Crippen LogP contribution in [-0.2, 0) is 12.6 Å². The van der Waals surface area contributed by atoms with Crippen LogP contribution in [0.15, 0.2) is 24.3 Å². The van der Waals surface area contributed by atoms with E-state index in [1.165, 1.54) is 12.1 Å². The summed E-state index contributed by atoms with van der Waals surface area (Å²) in [7, 11) is 0. The summed E-state index contributed by atoms with van der Waals surface area (Å²) in [6.07, 6.45) is -3.27. The molecule has 0 fully saturated rings. The number of carbonyl (C=O) groups is 2. The molecule has 1 aliphatic heterocycles. The van der Waals surface area contributed by atoms with E-state index in [0.717, 1.165) is 29.9 Å². The van der Waals surface area contributed by atoms with Crippen molar-refractivity contribution in [2.45, 2.75) is 19.0 Å². The van der Waals surface area contributed by atoms with Gasteiger partial charge in [-0.1, -0.05) is 23.5 Å². The van der Waals surface area contributed by atoms with Crippen LogP contribution in [0.4, 0.5) is 28.8 Å². The number of benzene rings is 1. The van der Waals surface area contributed by atoms with E-state index in [2.05, 4.69) is 20.9 Å². The van der Waals surface area contributed by atoms with Crippen molar-refractivity contribution in [3.05, 3.63) is 40.4 Å². The van der Waals surface area contributed by atoms with Gasteiger partial charge in [0.25, 0.3) is 5.91 Å². The molecule has 132 valence electrons. The number of fused-ring (bicyclic) bond motifs is 1. The van der Waals surface area contributed by atoms with Gasteiger partial charge in [0.05, 0.1) is 16.9 Å². The summed E-state index contributed by atoms with van der Waals surface area (Å²) in [5.74, 6) is -0.263. The second-order valence-electron chi connectivity index (χ2n) is 5.28. The number of hydrogen-bond donors (Lipinski definition) is 3. The fourth-order valence-corrected chi connectivity index (χ4v) is 3.30. The number of nitrogens with zero attached hydrogens (tertiary/aromatic N) is 1. The van der Waals surface area contributed by atoms with E-state index >= 15 is 0 Å². The van der Waals surface area contributed by atoms with Gasteiger partial charge in [0.2, 0.25) is 0 Å². The van der Waals surface area contributed by atoms with E-state index in [9.17, 15) is 22.8 Å². The molecule has 25 heavy (non-hydrogen) atoms. The summed E-state index contributed by atoms with van der Waals surface area (Å²) < 4.78 is 38.8. The number of nitrogens with one attached hydrogen (secondary N) is 3. The summed E-state index contributed by atoms with van der Waals surface area (Å²) >= 11 is 0.988. The van der Waals surface area contributed by atoms with Crippen LogP contribution >= 0.6 is 11.3 Å². The van der Waals surface area contributed by atoms with Crippen molar-refractivity contribution < 1.29 is 22.8 Å². The topological polar surface area (TPSA) is 83.1 Å². The second-order valence-corrected chi connectivity index (χ2v) is 6.28. The lowest BCUT2D eigenvalue weighted by atomic mass is 10.1. The van der Waals surface area contributed by atoms with Gasteiger partial charge in [-0.3, -0.25) is 10.1 Å². The molecule has 1 aromatic heterocycles. The van der Waals surface area contributed by atoms with E-state index in [-0.39, 0.29) is 16.7 Å². The number of urea groups is 1. The largest absolute Gasteiger partial charge is 0.418 e. The third kappa shape index (κ3) is 3.90. The van der Waals surface area contributed by atoms with Crippen molar-refractivity contribution in [2.24, 2.45) is 0 Å². The van der Waals surface area contributed by atoms with Gasteiger partial charge in [0.15, 0.2) is 5.13 Å². The van der Waals surface area contributed by atoms with Gasteiger partial charge < -0.3 is 10.6 Å². The van der Waals surface area contributed by atoms with Crippen LogP contribution in [0.5, 0.6) is 0 Å². The average molecular weight is 370 g/mol. The van der Waals surface area contributed by atoms with Crippen molar-refractivity contribution in [2.75, 3.05) is 17.2 Å². The summed E-state index contributed by atoms with van der Waals surface area (Å²) in [6.45, 7) is 0.555. The summed E-state index contributed by atoms with van der Waals surface area (Å²) in [5.41, 5.74) is -0.728. The fraction of sp³-hybridized carbons (Fsp3) is 0.267. The average Bonchev–Trinajstić information content (AvgIpc) is 2.85. The summed E-state index contributed by atoms with van der Waals surface area (Å²) in [6, 6.07) is 3.81. The van der Waals surface area contributed by atoms with E-state index in [0.29, 0.717) is 23.5 Å². The Hall–Kier alpha value is -2.62. The van der Waals surface area contributed by atoms with Gasteiger partial charge in [-0.05, 0) is 25.0 Å². The van der Waals surface area contributed by atoms with Crippen molar-refractivity contribution in [3.8, 4) is 0 Å². The normalized spacial score (nSPS) is 14.3. The standard InChI is InChI=1S/C15H13F3N4O2S/c16-15(17,18)8-4-1-2-5-9(8)20-13(24)22-14-21-10-6-3-7-19-12(23)11(10)25-14/h1-2,4-5H,3,6-7H2,(H,19,23)(H2,20,21,22,24). The molecule has 3 rings (SSSR count). The molecule has 1 aromatic carbocycles. The van der Waals surface area contributed by atoms with Crippen LogP contribution in [0.3, 0.4) is 0 Å². The van der Waals surface area contributed by atoms with Crippen LogP contribution in [-0.4, -0.2) is 23.5 Å². The van der Waals surface area contributed by atoms with E-state index in [4.69, 9.17) is 0 Å². The second kappa shape index (κ2) is 6.71. The molecule has 0 aliphatic carbocycles. The molecule has 0 unspecified atom stereocenters. The van der Waals surface area contributed by atoms with Gasteiger partial charge in [-0.25, -0.2) is 9.78 Å². The molecule has 0 spiro atoms. The lowest BCUT2D eigenvalue weighted by Crippen LogP contribution is -2.22. The van der Waals surface area contributed by atoms with Gasteiger partial charge in [-0.2, -0.15) is 13.2 Å². The Morgan fingerprint density at radius 3 is 2.76 bits per heavy atom. The molecule has 2 heterocycles. The first-order chi connectivity index (χ1) is 11.8. The highest BCUT2D eigenvalue weighted by Crippen LogP contribution is 2.34. The van der Waals surface area contributed by atoms with Crippen LogP contribution < -0.4 is 16.0 Å². The Balaban J connectivity index is 1.74. The predicted molar refractivity (Wildman–Crippen MR) is 86.9 cm³/mol. The summed E-state index contributed by atoms with van der Waals surface area (Å²) in [5, 5.41) is 7.41. The molecule has 3 N–H and O–H groups in total. The number of hydrogen-bond acceptors (Lipinski definition) is 4. The number of alkyl halides is 3. The maximum atomic E-state index is 12.9. The Kier molecular flexibility index (Phi) is 4.62. The maximum Gasteiger partial charge on any atom is 0.418 e. The quantitative estimate of drug-likeness (QED) is 0.757. The number of carbonyl (C=O) groups excluding carboxylic acids is 2. The summed E-state index contributed by atoms with van der Waals surface area (Å²) in [4.78, 5) is 28.4. The smallest absolute Gasteiger partial charge is 0.351 e. The molecule has 6 nitrogen and oxygen atoms in total. The molecular formula is C15H13F3N4O2S. The van der Waals surface area contributed by atoms with Gasteiger partial charge in [0, 0.05) is 6.54 Å². The zero-order chi connectivity index (χ0) is 18.0. The van der Waals surface area contributed by atoms with Gasteiger partial charge in [-0.15, -0.1) is 0 Å². The first-order valence-corrected chi connectivity index (χ1v) is 8.18. The minimum Gasteiger partial charge on any atom is -0.351 e. The van der Waals surface area contributed by atoms with E-state index < -0.39 is 17.8 Å². The maximum absolute atomic E-state index is 12.9. The molecular weight excluding hydrogens is 357 g/mol. The first kappa shape index (κ1) is 17.2. The SMILES string of the molecule is O=C(Nc1nc2c(s1)C(=O)NCCC2)Nc1ccccc1C(F)(F)F. The number of para-hydroxylation sites is 1. The number of anilines is 2. The van der Waals surface area contributed by atoms with Crippen molar-refractivity contribution >= 4 is 34.1 Å². The molecule has 0 radical (unpaired) electrons. The number of aryl methyl sites for hydroxylation is 1. The Morgan fingerprint density at radius 1 is 1.24 bits per heavy atom.